The van der Waals surface area contributed by atoms with Crippen molar-refractivity contribution in [3.05, 3.63) is 35.4 Å². The summed E-state index contributed by atoms with van der Waals surface area (Å²) in [6.07, 6.45) is 4.11. The van der Waals surface area contributed by atoms with Crippen molar-refractivity contribution in [1.82, 2.24) is 5.32 Å². The van der Waals surface area contributed by atoms with E-state index in [-0.39, 0.29) is 11.9 Å². The molecule has 0 bridgehead atoms. The van der Waals surface area contributed by atoms with Crippen LogP contribution in [0, 0.1) is 12.8 Å². The van der Waals surface area contributed by atoms with E-state index in [0.717, 1.165) is 25.7 Å². The van der Waals surface area contributed by atoms with Crippen LogP contribution < -0.4 is 5.32 Å². The van der Waals surface area contributed by atoms with Crippen molar-refractivity contribution >= 4 is 5.97 Å². The van der Waals surface area contributed by atoms with Crippen LogP contribution in [0.1, 0.15) is 56.7 Å². The molecule has 3 nitrogen and oxygen atoms in total. The third-order valence-corrected chi connectivity index (χ3v) is 4.32. The molecule has 0 aromatic heterocycles. The molecule has 1 aliphatic carbocycles. The number of benzene rings is 1. The lowest BCUT2D eigenvalue weighted by molar-refractivity contribution is -0.149. The minimum absolute atomic E-state index is 0.0211. The molecule has 1 fully saturated rings. The average molecular weight is 289 g/mol. The zero-order valence-corrected chi connectivity index (χ0v) is 13.4. The predicted octanol–water partition coefficient (Wildman–Crippen LogP) is 3.77. The maximum atomic E-state index is 11.9. The monoisotopic (exact) mass is 289 g/mol. The predicted molar refractivity (Wildman–Crippen MR) is 85.1 cm³/mol. The third kappa shape index (κ3) is 4.57. The number of aryl methyl sites for hydroxylation is 1. The first-order valence-electron chi connectivity index (χ1n) is 8.09. The van der Waals surface area contributed by atoms with Gasteiger partial charge in [-0.1, -0.05) is 36.2 Å². The van der Waals surface area contributed by atoms with Gasteiger partial charge in [-0.15, -0.1) is 0 Å². The van der Waals surface area contributed by atoms with Crippen LogP contribution in [0.25, 0.3) is 0 Å². The summed E-state index contributed by atoms with van der Waals surface area (Å²) in [6, 6.07) is 9.33. The van der Waals surface area contributed by atoms with Crippen LogP contribution in [0.2, 0.25) is 0 Å². The van der Waals surface area contributed by atoms with E-state index in [9.17, 15) is 4.79 Å². The Hall–Kier alpha value is -1.35. The number of rotatable bonds is 5. The first-order chi connectivity index (χ1) is 10.1. The largest absolute Gasteiger partial charge is 0.466 e. The maximum absolute atomic E-state index is 11.9. The van der Waals surface area contributed by atoms with Crippen LogP contribution in [0.15, 0.2) is 24.3 Å². The van der Waals surface area contributed by atoms with Crippen LogP contribution in [0.5, 0.6) is 0 Å². The van der Waals surface area contributed by atoms with Gasteiger partial charge in [0.05, 0.1) is 12.5 Å². The van der Waals surface area contributed by atoms with Gasteiger partial charge in [0.25, 0.3) is 0 Å². The summed E-state index contributed by atoms with van der Waals surface area (Å²) < 4.78 is 5.17. The lowest BCUT2D eigenvalue weighted by Crippen LogP contribution is -2.38. The third-order valence-electron chi connectivity index (χ3n) is 4.32. The van der Waals surface area contributed by atoms with Crippen molar-refractivity contribution in [3.8, 4) is 0 Å². The van der Waals surface area contributed by atoms with E-state index in [4.69, 9.17) is 4.74 Å². The standard InChI is InChI=1S/C18H27NO2/c1-4-21-18(20)16-9-6-10-17(12-16)19-14(3)15-8-5-7-13(2)11-15/h5,7-8,11,14,16-17,19H,4,6,9-10,12H2,1-3H3/t14-,16?,17?/m1/s1. The van der Waals surface area contributed by atoms with Crippen molar-refractivity contribution in [2.24, 2.45) is 5.92 Å². The van der Waals surface area contributed by atoms with Gasteiger partial charge >= 0.3 is 5.97 Å². The molecule has 1 aliphatic rings. The molecule has 1 aromatic rings. The second kappa shape index (κ2) is 7.60. The second-order valence-corrected chi connectivity index (χ2v) is 6.11. The summed E-state index contributed by atoms with van der Waals surface area (Å²) in [6.45, 7) is 6.67. The highest BCUT2D eigenvalue weighted by molar-refractivity contribution is 5.72. The van der Waals surface area contributed by atoms with E-state index in [0.29, 0.717) is 18.7 Å². The first kappa shape index (κ1) is 16.0. The molecule has 3 atom stereocenters. The minimum Gasteiger partial charge on any atom is -0.466 e. The van der Waals surface area contributed by atoms with Crippen LogP contribution in [-0.4, -0.2) is 18.6 Å². The van der Waals surface area contributed by atoms with Gasteiger partial charge in [0.15, 0.2) is 0 Å². The topological polar surface area (TPSA) is 38.3 Å². The van der Waals surface area contributed by atoms with E-state index in [2.05, 4.69) is 43.4 Å². The summed E-state index contributed by atoms with van der Waals surface area (Å²) in [5, 5.41) is 3.68. The number of ether oxygens (including phenoxy) is 1. The second-order valence-electron chi connectivity index (χ2n) is 6.11. The van der Waals surface area contributed by atoms with Crippen LogP contribution >= 0.6 is 0 Å². The first-order valence-corrected chi connectivity index (χ1v) is 8.09. The van der Waals surface area contributed by atoms with Gasteiger partial charge < -0.3 is 10.1 Å². The van der Waals surface area contributed by atoms with E-state index < -0.39 is 0 Å². The molecule has 0 aliphatic heterocycles. The molecule has 1 saturated carbocycles. The Morgan fingerprint density at radius 3 is 2.95 bits per heavy atom. The van der Waals surface area contributed by atoms with Gasteiger partial charge in [-0.05, 0) is 45.6 Å². The Bertz CT molecular complexity index is 472. The maximum Gasteiger partial charge on any atom is 0.308 e. The Morgan fingerprint density at radius 2 is 2.24 bits per heavy atom. The lowest BCUT2D eigenvalue weighted by atomic mass is 9.85. The highest BCUT2D eigenvalue weighted by Gasteiger charge is 2.28. The van der Waals surface area contributed by atoms with Crippen LogP contribution in [0.4, 0.5) is 0 Å². The SMILES string of the molecule is CCOC(=O)C1CCCC(N[C@H](C)c2cccc(C)c2)C1. The van der Waals surface area contributed by atoms with E-state index in [1.165, 1.54) is 11.1 Å². The summed E-state index contributed by atoms with van der Waals surface area (Å²) in [4.78, 5) is 11.9. The van der Waals surface area contributed by atoms with Gasteiger partial charge in [0.2, 0.25) is 0 Å². The molecule has 0 radical (unpaired) electrons. The van der Waals surface area contributed by atoms with E-state index in [1.807, 2.05) is 6.92 Å². The number of hydrogen-bond acceptors (Lipinski definition) is 3. The Labute approximate surface area is 128 Å². The molecular weight excluding hydrogens is 262 g/mol. The van der Waals surface area contributed by atoms with Crippen molar-refractivity contribution in [3.63, 3.8) is 0 Å². The van der Waals surface area contributed by atoms with Gasteiger partial charge in [-0.3, -0.25) is 4.79 Å². The summed E-state index contributed by atoms with van der Waals surface area (Å²) in [5.74, 6) is 0.0492. The minimum atomic E-state index is -0.0211. The molecule has 0 amide bonds. The Kier molecular flexibility index (Phi) is 5.80. The van der Waals surface area contributed by atoms with E-state index >= 15 is 0 Å². The Balaban J connectivity index is 1.91. The van der Waals surface area contributed by atoms with Crippen molar-refractivity contribution in [2.75, 3.05) is 6.61 Å². The van der Waals surface area contributed by atoms with Crippen molar-refractivity contribution in [1.29, 1.82) is 0 Å². The molecule has 21 heavy (non-hydrogen) atoms. The number of carbonyl (C=O) groups is 1. The molecule has 1 aromatic carbocycles. The number of hydrogen-bond donors (Lipinski definition) is 1. The molecule has 1 N–H and O–H groups in total. The van der Waals surface area contributed by atoms with Crippen molar-refractivity contribution in [2.45, 2.75) is 58.5 Å². The highest BCUT2D eigenvalue weighted by Crippen LogP contribution is 2.27. The smallest absolute Gasteiger partial charge is 0.308 e. The fourth-order valence-electron chi connectivity index (χ4n) is 3.20. The number of esters is 1. The quantitative estimate of drug-likeness (QED) is 0.839. The molecule has 0 saturated heterocycles. The summed E-state index contributed by atoms with van der Waals surface area (Å²) in [7, 11) is 0. The molecule has 0 spiro atoms. The molecule has 0 heterocycles. The zero-order valence-electron chi connectivity index (χ0n) is 13.4. The lowest BCUT2D eigenvalue weighted by Gasteiger charge is -2.31. The van der Waals surface area contributed by atoms with Crippen LogP contribution in [-0.2, 0) is 9.53 Å². The fourth-order valence-corrected chi connectivity index (χ4v) is 3.20. The van der Waals surface area contributed by atoms with E-state index in [1.54, 1.807) is 0 Å². The summed E-state index contributed by atoms with van der Waals surface area (Å²) >= 11 is 0. The van der Waals surface area contributed by atoms with Gasteiger partial charge in [-0.25, -0.2) is 0 Å². The molecule has 2 unspecified atom stereocenters. The highest BCUT2D eigenvalue weighted by atomic mass is 16.5. The number of carbonyl (C=O) groups excluding carboxylic acids is 1. The van der Waals surface area contributed by atoms with Crippen LogP contribution in [0.3, 0.4) is 0 Å². The molecular formula is C18H27NO2. The van der Waals surface area contributed by atoms with Crippen molar-refractivity contribution < 1.29 is 9.53 Å². The fraction of sp³-hybridized carbons (Fsp3) is 0.611. The average Bonchev–Trinajstić information content (AvgIpc) is 2.48. The molecule has 3 heteroatoms. The van der Waals surface area contributed by atoms with Gasteiger partial charge in [0, 0.05) is 12.1 Å². The molecule has 2 rings (SSSR count). The normalized spacial score (nSPS) is 23.6. The zero-order chi connectivity index (χ0) is 15.2. The Morgan fingerprint density at radius 1 is 1.43 bits per heavy atom. The molecule has 116 valence electrons. The number of nitrogens with one attached hydrogen (secondary N) is 1. The summed E-state index contributed by atoms with van der Waals surface area (Å²) in [5.41, 5.74) is 2.60. The van der Waals surface area contributed by atoms with Gasteiger partial charge in [-0.2, -0.15) is 0 Å². The van der Waals surface area contributed by atoms with Gasteiger partial charge in [0.1, 0.15) is 0 Å².